The van der Waals surface area contributed by atoms with E-state index in [1.807, 2.05) is 84.9 Å². The van der Waals surface area contributed by atoms with Gasteiger partial charge in [-0.1, -0.05) is 72.8 Å². The highest BCUT2D eigenvalue weighted by Crippen LogP contribution is 2.26. The van der Waals surface area contributed by atoms with Crippen molar-refractivity contribution in [1.29, 1.82) is 0 Å². The van der Waals surface area contributed by atoms with E-state index in [-0.39, 0.29) is 25.3 Å². The highest BCUT2D eigenvalue weighted by Gasteiger charge is 2.12. The second-order valence-corrected chi connectivity index (χ2v) is 9.79. The fourth-order valence-corrected chi connectivity index (χ4v) is 4.49. The predicted molar refractivity (Wildman–Crippen MR) is 165 cm³/mol. The van der Waals surface area contributed by atoms with Gasteiger partial charge in [-0.15, -0.1) is 0 Å². The Morgan fingerprint density at radius 1 is 0.619 bits per heavy atom. The van der Waals surface area contributed by atoms with Crippen LogP contribution >= 0.6 is 0 Å². The van der Waals surface area contributed by atoms with Gasteiger partial charge in [0.15, 0.2) is 0 Å². The number of nitrogens with one attached hydrogen (secondary N) is 2. The van der Waals surface area contributed by atoms with Gasteiger partial charge in [-0.3, -0.25) is 0 Å². The number of benzene rings is 4. The van der Waals surface area contributed by atoms with E-state index in [9.17, 15) is 9.59 Å². The molecule has 8 nitrogen and oxygen atoms in total. The van der Waals surface area contributed by atoms with Crippen LogP contribution in [-0.4, -0.2) is 64.5 Å². The number of carbonyl (C=O) groups excluding carboxylic acids is 2. The molecular weight excluding hydrogens is 532 g/mol. The van der Waals surface area contributed by atoms with Crippen molar-refractivity contribution in [2.45, 2.75) is 24.9 Å². The molecule has 2 N–H and O–H groups in total. The summed E-state index contributed by atoms with van der Waals surface area (Å²) < 4.78 is 22.6. The summed E-state index contributed by atoms with van der Waals surface area (Å²) in [4.78, 5) is 24.3. The fourth-order valence-electron chi connectivity index (χ4n) is 4.49. The van der Waals surface area contributed by atoms with Gasteiger partial charge in [0.25, 0.3) is 0 Å². The highest BCUT2D eigenvalue weighted by molar-refractivity contribution is 5.91. The van der Waals surface area contributed by atoms with E-state index in [4.69, 9.17) is 18.9 Å². The average Bonchev–Trinajstić information content (AvgIpc) is 3.03. The van der Waals surface area contributed by atoms with E-state index in [0.717, 1.165) is 45.2 Å². The third kappa shape index (κ3) is 9.06. The minimum Gasteiger partial charge on any atom is -0.493 e. The second-order valence-electron chi connectivity index (χ2n) is 9.79. The lowest BCUT2D eigenvalue weighted by Crippen LogP contribution is -2.33. The summed E-state index contributed by atoms with van der Waals surface area (Å²) in [5.74, 6) is 0.408. The number of hydrogen-bond donors (Lipinski definition) is 2. The van der Waals surface area contributed by atoms with E-state index >= 15 is 0 Å². The number of fused-ring (bicyclic) bond motifs is 2. The largest absolute Gasteiger partial charge is 0.493 e. The highest BCUT2D eigenvalue weighted by atomic mass is 16.5. The Kier molecular flexibility index (Phi) is 11.7. The van der Waals surface area contributed by atoms with Crippen molar-refractivity contribution in [3.05, 3.63) is 97.1 Å². The third-order valence-corrected chi connectivity index (χ3v) is 6.97. The smallest absolute Gasteiger partial charge is 0.331 e. The zero-order valence-electron chi connectivity index (χ0n) is 24.1. The summed E-state index contributed by atoms with van der Waals surface area (Å²) in [6.07, 6.45) is 3.43. The Morgan fingerprint density at radius 3 is 1.45 bits per heavy atom. The lowest BCUT2D eigenvalue weighted by atomic mass is 10.1. The van der Waals surface area contributed by atoms with Crippen LogP contribution in [0.1, 0.15) is 12.8 Å². The number of rotatable bonds is 16. The van der Waals surface area contributed by atoms with Crippen molar-refractivity contribution in [2.24, 2.45) is 0 Å². The summed E-state index contributed by atoms with van der Waals surface area (Å²) in [5.41, 5.74) is 0. The monoisotopic (exact) mass is 570 g/mol. The topological polar surface area (TPSA) is 95.1 Å². The first-order valence-electron chi connectivity index (χ1n) is 14.1. The molecule has 4 aromatic rings. The molecule has 220 valence electrons. The number of esters is 2. The molecule has 4 aromatic carbocycles. The number of likely N-dealkylation sites (N-methyl/N-ethyl adjacent to an activating group) is 2. The summed E-state index contributed by atoms with van der Waals surface area (Å²) in [6.45, 7) is 1.20. The molecule has 8 heteroatoms. The zero-order valence-corrected chi connectivity index (χ0v) is 24.1. The minimum atomic E-state index is -0.615. The molecule has 0 saturated carbocycles. The summed E-state index contributed by atoms with van der Waals surface area (Å²) in [6, 6.07) is 27.8. The standard InChI is InChI=1S/C34H38N2O6/c1-35-27(19-21-39-31-15-7-11-25-9-3-5-13-29(25)31)23-41-33(37)17-18-34(38)42-24-28(36-2)20-22-40-32-16-8-12-26-10-4-6-14-30(26)32/h3-18,27-28,35-36H,19-24H2,1-2H3/b18-17-. The Labute approximate surface area is 246 Å². The maximum Gasteiger partial charge on any atom is 0.331 e. The van der Waals surface area contributed by atoms with Gasteiger partial charge in [0.05, 0.1) is 13.2 Å². The molecule has 0 radical (unpaired) electrons. The molecule has 42 heavy (non-hydrogen) atoms. The van der Waals surface area contributed by atoms with Crippen molar-refractivity contribution < 1.29 is 28.5 Å². The Morgan fingerprint density at radius 2 is 1.02 bits per heavy atom. The zero-order chi connectivity index (χ0) is 29.6. The number of hydrogen-bond acceptors (Lipinski definition) is 8. The van der Waals surface area contributed by atoms with E-state index in [1.165, 1.54) is 0 Å². The molecule has 0 spiro atoms. The maximum absolute atomic E-state index is 12.2. The Hall–Kier alpha value is -4.40. The van der Waals surface area contributed by atoms with E-state index < -0.39 is 11.9 Å². The van der Waals surface area contributed by atoms with Gasteiger partial charge in [0, 0.05) is 47.8 Å². The van der Waals surface area contributed by atoms with Crippen LogP contribution in [0.5, 0.6) is 11.5 Å². The van der Waals surface area contributed by atoms with Gasteiger partial charge in [0.2, 0.25) is 0 Å². The molecule has 0 bridgehead atoms. The first-order valence-corrected chi connectivity index (χ1v) is 14.1. The van der Waals surface area contributed by atoms with Gasteiger partial charge in [0.1, 0.15) is 24.7 Å². The van der Waals surface area contributed by atoms with Crippen LogP contribution in [0.3, 0.4) is 0 Å². The second kappa shape index (κ2) is 16.1. The molecule has 0 aliphatic rings. The van der Waals surface area contributed by atoms with Crippen LogP contribution in [0, 0.1) is 0 Å². The molecule has 4 rings (SSSR count). The molecular formula is C34H38N2O6. The van der Waals surface area contributed by atoms with Gasteiger partial charge in [-0.05, 0) is 37.0 Å². The van der Waals surface area contributed by atoms with Gasteiger partial charge < -0.3 is 29.6 Å². The first kappa shape index (κ1) is 30.6. The molecule has 0 saturated heterocycles. The van der Waals surface area contributed by atoms with Crippen LogP contribution in [0.25, 0.3) is 21.5 Å². The van der Waals surface area contributed by atoms with Crippen molar-refractivity contribution >= 4 is 33.5 Å². The average molecular weight is 571 g/mol. The normalized spacial score (nSPS) is 12.7. The Balaban J connectivity index is 1.13. The minimum absolute atomic E-state index is 0.100. The summed E-state index contributed by atoms with van der Waals surface area (Å²) >= 11 is 0. The van der Waals surface area contributed by atoms with Crippen molar-refractivity contribution in [2.75, 3.05) is 40.5 Å². The molecule has 0 fully saturated rings. The van der Waals surface area contributed by atoms with Crippen LogP contribution in [0.15, 0.2) is 97.1 Å². The lowest BCUT2D eigenvalue weighted by Gasteiger charge is -2.17. The van der Waals surface area contributed by atoms with Gasteiger partial charge in [-0.2, -0.15) is 0 Å². The van der Waals surface area contributed by atoms with Crippen molar-refractivity contribution in [3.63, 3.8) is 0 Å². The molecule has 2 unspecified atom stereocenters. The predicted octanol–water partition coefficient (Wildman–Crippen LogP) is 5.05. The first-order chi connectivity index (χ1) is 20.6. The van der Waals surface area contributed by atoms with Crippen molar-refractivity contribution in [3.8, 4) is 11.5 Å². The SMILES string of the molecule is CNC(CCOc1cccc2ccccc12)COC(=O)/C=C\C(=O)OCC(CCOc1cccc2ccccc12)NC. The number of ether oxygens (including phenoxy) is 4. The van der Waals surface area contributed by atoms with Crippen LogP contribution < -0.4 is 20.1 Å². The molecule has 0 heterocycles. The Bertz CT molecular complexity index is 1370. The van der Waals surface area contributed by atoms with Crippen LogP contribution in [-0.2, 0) is 19.1 Å². The fraction of sp³-hybridized carbons (Fsp3) is 0.294. The van der Waals surface area contributed by atoms with E-state index in [2.05, 4.69) is 10.6 Å². The quantitative estimate of drug-likeness (QED) is 0.143. The van der Waals surface area contributed by atoms with Crippen LogP contribution in [0.2, 0.25) is 0 Å². The molecule has 0 aromatic heterocycles. The third-order valence-electron chi connectivity index (χ3n) is 6.97. The van der Waals surface area contributed by atoms with E-state index in [0.29, 0.717) is 26.1 Å². The van der Waals surface area contributed by atoms with E-state index in [1.54, 1.807) is 14.1 Å². The van der Waals surface area contributed by atoms with Crippen LogP contribution in [0.4, 0.5) is 0 Å². The van der Waals surface area contributed by atoms with Gasteiger partial charge >= 0.3 is 11.9 Å². The maximum atomic E-state index is 12.2. The summed E-state index contributed by atoms with van der Waals surface area (Å²) in [7, 11) is 3.60. The molecule has 0 aliphatic heterocycles. The molecule has 2 atom stereocenters. The van der Waals surface area contributed by atoms with Crippen molar-refractivity contribution in [1.82, 2.24) is 10.6 Å². The molecule has 0 amide bonds. The van der Waals surface area contributed by atoms with Gasteiger partial charge in [-0.25, -0.2) is 9.59 Å². The summed E-state index contributed by atoms with van der Waals surface area (Å²) in [5, 5.41) is 10.6. The molecule has 0 aliphatic carbocycles. The lowest BCUT2D eigenvalue weighted by molar-refractivity contribution is -0.141. The number of carbonyl (C=O) groups is 2.